The third-order valence-corrected chi connectivity index (χ3v) is 2.07. The van der Waals surface area contributed by atoms with Gasteiger partial charge >= 0.3 is 0 Å². The second kappa shape index (κ2) is 5.07. The van der Waals surface area contributed by atoms with E-state index in [2.05, 4.69) is 22.4 Å². The molecule has 11 heavy (non-hydrogen) atoms. The minimum atomic E-state index is 0.932. The second-order valence-corrected chi connectivity index (χ2v) is 3.21. The van der Waals surface area contributed by atoms with E-state index in [0.717, 1.165) is 11.7 Å². The largest absolute Gasteiger partial charge is 0.360 e. The van der Waals surface area contributed by atoms with E-state index < -0.39 is 0 Å². The number of rotatable bonds is 5. The molecule has 0 unspecified atom stereocenters. The van der Waals surface area contributed by atoms with Crippen LogP contribution in [-0.4, -0.2) is 16.7 Å². The summed E-state index contributed by atoms with van der Waals surface area (Å²) in [5, 5.41) is 11.7. The minimum absolute atomic E-state index is 0.932. The third kappa shape index (κ3) is 3.32. The lowest BCUT2D eigenvalue weighted by Gasteiger charge is -1.98. The molecule has 4 heteroatoms. The van der Waals surface area contributed by atoms with Gasteiger partial charge in [-0.15, -0.1) is 10.2 Å². The number of anilines is 1. The molecule has 0 spiro atoms. The molecule has 0 saturated carbocycles. The summed E-state index contributed by atoms with van der Waals surface area (Å²) in [5.74, 6) is 0. The second-order valence-electron chi connectivity index (χ2n) is 2.38. The summed E-state index contributed by atoms with van der Waals surface area (Å²) in [6.07, 6.45) is 3.76. The average Bonchev–Trinajstić information content (AvgIpc) is 2.50. The summed E-state index contributed by atoms with van der Waals surface area (Å²) < 4.78 is 0. The summed E-state index contributed by atoms with van der Waals surface area (Å²) in [7, 11) is 0. The molecule has 1 heterocycles. The SMILES string of the molecule is CCCCCNc1nncs1. The monoisotopic (exact) mass is 171 g/mol. The van der Waals surface area contributed by atoms with Crippen LogP contribution in [0.4, 0.5) is 5.13 Å². The molecular weight excluding hydrogens is 158 g/mol. The van der Waals surface area contributed by atoms with E-state index in [4.69, 9.17) is 0 Å². The van der Waals surface area contributed by atoms with Crippen LogP contribution in [0, 0.1) is 0 Å². The Bertz CT molecular complexity index is 174. The Morgan fingerprint density at radius 2 is 2.45 bits per heavy atom. The molecule has 1 aromatic rings. The van der Waals surface area contributed by atoms with Gasteiger partial charge in [0, 0.05) is 6.54 Å². The maximum atomic E-state index is 3.87. The van der Waals surface area contributed by atoms with Gasteiger partial charge in [-0.25, -0.2) is 0 Å². The zero-order valence-corrected chi connectivity index (χ0v) is 7.52. The maximum Gasteiger partial charge on any atom is 0.205 e. The van der Waals surface area contributed by atoms with Crippen LogP contribution in [0.25, 0.3) is 0 Å². The van der Waals surface area contributed by atoms with Gasteiger partial charge in [0.2, 0.25) is 5.13 Å². The van der Waals surface area contributed by atoms with E-state index in [1.54, 1.807) is 16.8 Å². The Hall–Kier alpha value is -0.640. The van der Waals surface area contributed by atoms with Crippen LogP contribution in [0.5, 0.6) is 0 Å². The van der Waals surface area contributed by atoms with Gasteiger partial charge in [0.05, 0.1) is 0 Å². The van der Waals surface area contributed by atoms with Gasteiger partial charge in [-0.3, -0.25) is 0 Å². The normalized spacial score (nSPS) is 9.91. The minimum Gasteiger partial charge on any atom is -0.360 e. The van der Waals surface area contributed by atoms with E-state index >= 15 is 0 Å². The Morgan fingerprint density at radius 1 is 1.55 bits per heavy atom. The number of nitrogens with one attached hydrogen (secondary N) is 1. The van der Waals surface area contributed by atoms with Crippen molar-refractivity contribution in [2.24, 2.45) is 0 Å². The molecule has 0 atom stereocenters. The molecule has 1 aromatic heterocycles. The van der Waals surface area contributed by atoms with Gasteiger partial charge in [0.25, 0.3) is 0 Å². The fourth-order valence-electron chi connectivity index (χ4n) is 0.820. The first-order valence-electron chi connectivity index (χ1n) is 3.93. The molecule has 0 radical (unpaired) electrons. The smallest absolute Gasteiger partial charge is 0.205 e. The van der Waals surface area contributed by atoms with Gasteiger partial charge in [0.15, 0.2) is 0 Å². The number of hydrogen-bond donors (Lipinski definition) is 1. The molecule has 62 valence electrons. The van der Waals surface area contributed by atoms with E-state index in [1.165, 1.54) is 19.3 Å². The lowest BCUT2D eigenvalue weighted by Crippen LogP contribution is -2.00. The van der Waals surface area contributed by atoms with Gasteiger partial charge in [-0.05, 0) is 6.42 Å². The predicted octanol–water partition coefficient (Wildman–Crippen LogP) is 2.14. The van der Waals surface area contributed by atoms with E-state index in [-0.39, 0.29) is 0 Å². The zero-order valence-electron chi connectivity index (χ0n) is 6.71. The molecule has 0 aliphatic carbocycles. The van der Waals surface area contributed by atoms with Crippen molar-refractivity contribution in [3.8, 4) is 0 Å². The van der Waals surface area contributed by atoms with E-state index in [1.807, 2.05) is 0 Å². The maximum absolute atomic E-state index is 3.87. The van der Waals surface area contributed by atoms with Crippen molar-refractivity contribution >= 4 is 16.5 Å². The van der Waals surface area contributed by atoms with Crippen molar-refractivity contribution in [3.05, 3.63) is 5.51 Å². The van der Waals surface area contributed by atoms with Crippen LogP contribution in [-0.2, 0) is 0 Å². The summed E-state index contributed by atoms with van der Waals surface area (Å²) in [5.41, 5.74) is 1.74. The number of hydrogen-bond acceptors (Lipinski definition) is 4. The molecule has 0 aromatic carbocycles. The Balaban J connectivity index is 2.04. The fraction of sp³-hybridized carbons (Fsp3) is 0.714. The van der Waals surface area contributed by atoms with Crippen LogP contribution < -0.4 is 5.32 Å². The molecule has 0 aliphatic heterocycles. The van der Waals surface area contributed by atoms with Crippen LogP contribution in [0.2, 0.25) is 0 Å². The third-order valence-electron chi connectivity index (χ3n) is 1.42. The highest BCUT2D eigenvalue weighted by Gasteiger charge is 1.92. The van der Waals surface area contributed by atoms with Gasteiger partial charge in [-0.2, -0.15) is 0 Å². The molecule has 1 rings (SSSR count). The standard InChI is InChI=1S/C7H13N3S/c1-2-3-4-5-8-7-10-9-6-11-7/h6H,2-5H2,1H3,(H,8,10). The molecule has 0 bridgehead atoms. The summed E-state index contributed by atoms with van der Waals surface area (Å²) in [6.45, 7) is 3.22. The fourth-order valence-corrected chi connectivity index (χ4v) is 1.29. The first-order valence-corrected chi connectivity index (χ1v) is 4.81. The quantitative estimate of drug-likeness (QED) is 0.690. The predicted molar refractivity (Wildman–Crippen MR) is 47.9 cm³/mol. The first-order chi connectivity index (χ1) is 5.43. The molecule has 0 fully saturated rings. The molecule has 3 nitrogen and oxygen atoms in total. The molecule has 0 aliphatic rings. The molecular formula is C7H13N3S. The van der Waals surface area contributed by atoms with Crippen LogP contribution >= 0.6 is 11.3 Å². The zero-order chi connectivity index (χ0) is 7.94. The van der Waals surface area contributed by atoms with Gasteiger partial charge < -0.3 is 5.32 Å². The van der Waals surface area contributed by atoms with Crippen molar-refractivity contribution in [1.29, 1.82) is 0 Å². The molecule has 0 amide bonds. The molecule has 0 saturated heterocycles. The Morgan fingerprint density at radius 3 is 3.09 bits per heavy atom. The summed E-state index contributed by atoms with van der Waals surface area (Å²) >= 11 is 1.55. The average molecular weight is 171 g/mol. The topological polar surface area (TPSA) is 37.8 Å². The number of nitrogens with zero attached hydrogens (tertiary/aromatic N) is 2. The summed E-state index contributed by atoms with van der Waals surface area (Å²) in [4.78, 5) is 0. The van der Waals surface area contributed by atoms with Crippen molar-refractivity contribution in [1.82, 2.24) is 10.2 Å². The van der Waals surface area contributed by atoms with E-state index in [9.17, 15) is 0 Å². The highest BCUT2D eigenvalue weighted by Crippen LogP contribution is 2.07. The Kier molecular flexibility index (Phi) is 3.90. The van der Waals surface area contributed by atoms with Crippen LogP contribution in [0.1, 0.15) is 26.2 Å². The van der Waals surface area contributed by atoms with Gasteiger partial charge in [0.1, 0.15) is 5.51 Å². The highest BCUT2D eigenvalue weighted by atomic mass is 32.1. The van der Waals surface area contributed by atoms with Crippen molar-refractivity contribution in [2.45, 2.75) is 26.2 Å². The number of aromatic nitrogens is 2. The lowest BCUT2D eigenvalue weighted by molar-refractivity contribution is 0.742. The molecule has 1 N–H and O–H groups in total. The van der Waals surface area contributed by atoms with Crippen molar-refractivity contribution < 1.29 is 0 Å². The Labute approximate surface area is 70.9 Å². The van der Waals surface area contributed by atoms with E-state index in [0.29, 0.717) is 0 Å². The summed E-state index contributed by atoms with van der Waals surface area (Å²) in [6, 6.07) is 0. The van der Waals surface area contributed by atoms with Crippen molar-refractivity contribution in [3.63, 3.8) is 0 Å². The highest BCUT2D eigenvalue weighted by molar-refractivity contribution is 7.13. The lowest BCUT2D eigenvalue weighted by atomic mass is 10.2. The van der Waals surface area contributed by atoms with Gasteiger partial charge in [-0.1, -0.05) is 31.1 Å². The number of unbranched alkanes of at least 4 members (excludes halogenated alkanes) is 2. The first kappa shape index (κ1) is 8.46. The van der Waals surface area contributed by atoms with Crippen molar-refractivity contribution in [2.75, 3.05) is 11.9 Å². The van der Waals surface area contributed by atoms with Crippen LogP contribution in [0.15, 0.2) is 5.51 Å². The van der Waals surface area contributed by atoms with Crippen LogP contribution in [0.3, 0.4) is 0 Å².